The van der Waals surface area contributed by atoms with Crippen LogP contribution in [-0.2, 0) is 24.1 Å². The summed E-state index contributed by atoms with van der Waals surface area (Å²) in [6.45, 7) is 4.79. The highest BCUT2D eigenvalue weighted by molar-refractivity contribution is 6.01. The lowest BCUT2D eigenvalue weighted by Gasteiger charge is -2.22. The van der Waals surface area contributed by atoms with Crippen LogP contribution in [0.1, 0.15) is 82.1 Å². The normalized spacial score (nSPS) is 14.9. The Balaban J connectivity index is 1.56. The van der Waals surface area contributed by atoms with Crippen molar-refractivity contribution in [2.45, 2.75) is 58.1 Å². The number of pyridine rings is 1. The average molecular weight is 515 g/mol. The van der Waals surface area contributed by atoms with Crippen LogP contribution in [0.5, 0.6) is 0 Å². The van der Waals surface area contributed by atoms with Gasteiger partial charge in [0.15, 0.2) is 0 Å². The molecule has 2 N–H and O–H groups in total. The summed E-state index contributed by atoms with van der Waals surface area (Å²) in [5.41, 5.74) is 1.73. The van der Waals surface area contributed by atoms with Crippen LogP contribution in [-0.4, -0.2) is 28.0 Å². The number of carbonyl (C=O) groups excluding carboxylic acids is 2. The van der Waals surface area contributed by atoms with Gasteiger partial charge in [0.1, 0.15) is 11.4 Å². The Morgan fingerprint density at radius 1 is 1.00 bits per heavy atom. The van der Waals surface area contributed by atoms with Crippen molar-refractivity contribution in [3.8, 4) is 0 Å². The minimum Gasteiger partial charge on any atom is -0.373 e. The van der Waals surface area contributed by atoms with Crippen LogP contribution < -0.4 is 10.6 Å². The average Bonchev–Trinajstić information content (AvgIpc) is 3.30. The maximum Gasteiger partial charge on any atom is 0.433 e. The maximum atomic E-state index is 13.3. The zero-order chi connectivity index (χ0) is 26.6. The number of hydrogen-bond acceptors (Lipinski definition) is 4. The van der Waals surface area contributed by atoms with E-state index in [1.54, 1.807) is 10.6 Å². The molecule has 2 unspecified atom stereocenters. The molecule has 10 heteroatoms. The Hall–Kier alpha value is -3.66. The van der Waals surface area contributed by atoms with Crippen molar-refractivity contribution in [2.75, 3.05) is 6.61 Å². The molecule has 2 aromatic heterocycles. The van der Waals surface area contributed by atoms with Gasteiger partial charge in [-0.3, -0.25) is 14.6 Å². The van der Waals surface area contributed by atoms with Gasteiger partial charge in [-0.05, 0) is 36.1 Å². The molecule has 4 rings (SSSR count). The molecule has 2 amide bonds. The van der Waals surface area contributed by atoms with Crippen molar-refractivity contribution >= 4 is 11.8 Å². The van der Waals surface area contributed by atoms with E-state index in [4.69, 9.17) is 4.74 Å². The second-order valence-electron chi connectivity index (χ2n) is 8.85. The number of fused-ring (bicyclic) bond motifs is 1. The molecule has 3 aromatic rings. The molecule has 0 radical (unpaired) electrons. The molecule has 7 nitrogen and oxygen atoms in total. The summed E-state index contributed by atoms with van der Waals surface area (Å²) in [7, 11) is 0. The maximum absolute atomic E-state index is 13.3. The fourth-order valence-corrected chi connectivity index (χ4v) is 4.48. The van der Waals surface area contributed by atoms with E-state index in [0.29, 0.717) is 48.5 Å². The van der Waals surface area contributed by atoms with Gasteiger partial charge >= 0.3 is 6.18 Å². The summed E-state index contributed by atoms with van der Waals surface area (Å²) in [5, 5.41) is 5.94. The minimum atomic E-state index is -4.54. The van der Waals surface area contributed by atoms with Gasteiger partial charge in [-0.2, -0.15) is 13.2 Å². The first kappa shape index (κ1) is 26.4. The Labute approximate surface area is 213 Å². The van der Waals surface area contributed by atoms with E-state index in [1.165, 1.54) is 6.07 Å². The Morgan fingerprint density at radius 2 is 1.68 bits per heavy atom. The first-order valence-electron chi connectivity index (χ1n) is 12.2. The molecule has 0 bridgehead atoms. The number of aromatic nitrogens is 2. The van der Waals surface area contributed by atoms with Gasteiger partial charge in [0.05, 0.1) is 36.6 Å². The molecule has 0 spiro atoms. The minimum absolute atomic E-state index is 0.192. The lowest BCUT2D eigenvalue weighted by atomic mass is 10.0. The number of ether oxygens (including phenoxy) is 1. The van der Waals surface area contributed by atoms with Crippen LogP contribution in [0, 0.1) is 0 Å². The zero-order valence-electron chi connectivity index (χ0n) is 20.6. The lowest BCUT2D eigenvalue weighted by molar-refractivity contribution is -0.141. The molecule has 196 valence electrons. The molecule has 0 aliphatic carbocycles. The summed E-state index contributed by atoms with van der Waals surface area (Å²) in [5.74, 6) is -0.730. The summed E-state index contributed by atoms with van der Waals surface area (Å²) in [6.07, 6.45) is -2.27. The summed E-state index contributed by atoms with van der Waals surface area (Å²) >= 11 is 0. The number of alkyl halides is 3. The van der Waals surface area contributed by atoms with E-state index in [1.807, 2.05) is 44.2 Å². The van der Waals surface area contributed by atoms with Gasteiger partial charge in [0, 0.05) is 12.7 Å². The first-order valence-corrected chi connectivity index (χ1v) is 12.2. The van der Waals surface area contributed by atoms with Crippen LogP contribution in [0.25, 0.3) is 0 Å². The van der Waals surface area contributed by atoms with E-state index >= 15 is 0 Å². The topological polar surface area (TPSA) is 85.3 Å². The number of hydrogen-bond donors (Lipinski definition) is 2. The Kier molecular flexibility index (Phi) is 7.97. The Morgan fingerprint density at radius 3 is 2.30 bits per heavy atom. The highest BCUT2D eigenvalue weighted by Gasteiger charge is 2.33. The van der Waals surface area contributed by atoms with Crippen molar-refractivity contribution < 1.29 is 27.5 Å². The quantitative estimate of drug-likeness (QED) is 0.433. The number of amides is 2. The largest absolute Gasteiger partial charge is 0.433 e. The molecule has 1 aliphatic heterocycles. The number of benzene rings is 1. The standard InChI is InChI=1S/C27H29F3N4O3/c1-3-20(17-8-6-5-7-9-17)32-25(35)19-14-22(34-12-13-37-16-23(19)34)26(36)33-21(4-2)18-10-11-24(31-15-18)27(28,29)30/h5-11,14-15,20-21H,3-4,12-13,16H2,1-2H3,(H,32,35)(H,33,36). The second-order valence-corrected chi connectivity index (χ2v) is 8.85. The monoisotopic (exact) mass is 514 g/mol. The van der Waals surface area contributed by atoms with Crippen molar-refractivity contribution in [2.24, 2.45) is 0 Å². The molecular weight excluding hydrogens is 485 g/mol. The van der Waals surface area contributed by atoms with Crippen LogP contribution in [0.15, 0.2) is 54.7 Å². The molecule has 1 aliphatic rings. The van der Waals surface area contributed by atoms with Crippen LogP contribution in [0.2, 0.25) is 0 Å². The van der Waals surface area contributed by atoms with Gasteiger partial charge in [0.25, 0.3) is 11.8 Å². The third kappa shape index (κ3) is 5.85. The molecular formula is C27H29F3N4O3. The molecule has 0 saturated heterocycles. The van der Waals surface area contributed by atoms with Gasteiger partial charge in [-0.25, -0.2) is 0 Å². The second kappa shape index (κ2) is 11.2. The van der Waals surface area contributed by atoms with Crippen LogP contribution in [0.4, 0.5) is 13.2 Å². The number of carbonyl (C=O) groups is 2. The summed E-state index contributed by atoms with van der Waals surface area (Å²) in [6, 6.07) is 12.7. The first-order chi connectivity index (χ1) is 17.7. The Bertz CT molecular complexity index is 1240. The van der Waals surface area contributed by atoms with Crippen LogP contribution >= 0.6 is 0 Å². The van der Waals surface area contributed by atoms with E-state index in [-0.39, 0.29) is 18.6 Å². The van der Waals surface area contributed by atoms with E-state index in [2.05, 4.69) is 15.6 Å². The van der Waals surface area contributed by atoms with Crippen molar-refractivity contribution in [1.82, 2.24) is 20.2 Å². The lowest BCUT2D eigenvalue weighted by Crippen LogP contribution is -2.31. The summed E-state index contributed by atoms with van der Waals surface area (Å²) in [4.78, 5) is 30.1. The molecule has 0 saturated carbocycles. The smallest absolute Gasteiger partial charge is 0.373 e. The van der Waals surface area contributed by atoms with Gasteiger partial charge in [-0.15, -0.1) is 0 Å². The molecule has 37 heavy (non-hydrogen) atoms. The van der Waals surface area contributed by atoms with E-state index in [9.17, 15) is 22.8 Å². The third-order valence-corrected chi connectivity index (χ3v) is 6.49. The fourth-order valence-electron chi connectivity index (χ4n) is 4.48. The third-order valence-electron chi connectivity index (χ3n) is 6.49. The fraction of sp³-hybridized carbons (Fsp3) is 0.370. The summed E-state index contributed by atoms with van der Waals surface area (Å²) < 4.78 is 46.0. The number of nitrogens with one attached hydrogen (secondary N) is 2. The predicted molar refractivity (Wildman–Crippen MR) is 131 cm³/mol. The van der Waals surface area contributed by atoms with Crippen molar-refractivity contribution in [3.63, 3.8) is 0 Å². The van der Waals surface area contributed by atoms with Gasteiger partial charge in [-0.1, -0.05) is 50.2 Å². The van der Waals surface area contributed by atoms with E-state index < -0.39 is 23.8 Å². The zero-order valence-corrected chi connectivity index (χ0v) is 20.6. The molecule has 0 fully saturated rings. The molecule has 3 heterocycles. The van der Waals surface area contributed by atoms with Gasteiger partial charge in [0.2, 0.25) is 0 Å². The highest BCUT2D eigenvalue weighted by Crippen LogP contribution is 2.29. The highest BCUT2D eigenvalue weighted by atomic mass is 19.4. The predicted octanol–water partition coefficient (Wildman–Crippen LogP) is 5.19. The van der Waals surface area contributed by atoms with Crippen molar-refractivity contribution in [3.05, 3.63) is 88.5 Å². The van der Waals surface area contributed by atoms with E-state index in [0.717, 1.165) is 17.8 Å². The molecule has 1 aromatic carbocycles. The van der Waals surface area contributed by atoms with Crippen molar-refractivity contribution in [1.29, 1.82) is 0 Å². The number of halogens is 3. The van der Waals surface area contributed by atoms with Crippen LogP contribution in [0.3, 0.4) is 0 Å². The SMILES string of the molecule is CCC(NC(=O)c1cc(C(=O)NC(CC)c2ccc(C(F)(F)F)nc2)n2c1COCC2)c1ccccc1. The number of rotatable bonds is 8. The number of nitrogens with zero attached hydrogens (tertiary/aromatic N) is 2. The molecule has 2 atom stereocenters. The van der Waals surface area contributed by atoms with Gasteiger partial charge < -0.3 is 19.9 Å².